The van der Waals surface area contributed by atoms with E-state index < -0.39 is 16.0 Å². The van der Waals surface area contributed by atoms with E-state index in [1.54, 1.807) is 31.2 Å². The molecule has 1 amide bonds. The Morgan fingerprint density at radius 1 is 1.03 bits per heavy atom. The second-order valence-corrected chi connectivity index (χ2v) is 10.5. The minimum absolute atomic E-state index is 0.159. The number of thiophene rings is 1. The summed E-state index contributed by atoms with van der Waals surface area (Å²) in [5.74, 6) is -0.804. The molecule has 1 aliphatic carbocycles. The molecule has 0 radical (unpaired) electrons. The first-order valence-corrected chi connectivity index (χ1v) is 12.9. The van der Waals surface area contributed by atoms with Crippen molar-refractivity contribution >= 4 is 43.9 Å². The Balaban J connectivity index is 1.49. The number of amides is 1. The van der Waals surface area contributed by atoms with Crippen LogP contribution in [0.4, 0.5) is 10.7 Å². The van der Waals surface area contributed by atoms with E-state index in [2.05, 4.69) is 10.0 Å². The fourth-order valence-corrected chi connectivity index (χ4v) is 6.04. The molecule has 4 rings (SSSR count). The number of benzene rings is 2. The fraction of sp³-hybridized carbons (Fsp3) is 0.250. The summed E-state index contributed by atoms with van der Waals surface area (Å²) in [6.45, 7) is 3.89. The smallest absolute Gasteiger partial charge is 0.341 e. The minimum atomic E-state index is -3.73. The SMILES string of the molecule is CCOC(=O)c1c(NC(=O)c2ccc(NS(=O)(=O)c3ccc(C)cc3)cc2)sc2c1CCC2. The highest BCUT2D eigenvalue weighted by molar-refractivity contribution is 7.92. The van der Waals surface area contributed by atoms with Crippen LogP contribution in [0.1, 0.15) is 50.1 Å². The highest BCUT2D eigenvalue weighted by Gasteiger charge is 2.28. The molecule has 3 aromatic rings. The average Bonchev–Trinajstić information content (AvgIpc) is 3.35. The summed E-state index contributed by atoms with van der Waals surface area (Å²) in [5, 5.41) is 3.33. The Hall–Kier alpha value is -3.17. The lowest BCUT2D eigenvalue weighted by molar-refractivity contribution is 0.0527. The lowest BCUT2D eigenvalue weighted by atomic mass is 10.1. The van der Waals surface area contributed by atoms with Crippen molar-refractivity contribution in [3.8, 4) is 0 Å². The summed E-state index contributed by atoms with van der Waals surface area (Å²) < 4.78 is 32.8. The number of ether oxygens (including phenoxy) is 1. The van der Waals surface area contributed by atoms with Crippen molar-refractivity contribution < 1.29 is 22.7 Å². The third kappa shape index (κ3) is 4.94. The maximum Gasteiger partial charge on any atom is 0.341 e. The average molecular weight is 485 g/mol. The maximum atomic E-state index is 12.8. The van der Waals surface area contributed by atoms with Crippen molar-refractivity contribution in [2.45, 2.75) is 38.0 Å². The van der Waals surface area contributed by atoms with Crippen molar-refractivity contribution in [2.75, 3.05) is 16.6 Å². The van der Waals surface area contributed by atoms with E-state index in [4.69, 9.17) is 4.74 Å². The van der Waals surface area contributed by atoms with Gasteiger partial charge in [-0.05, 0) is 75.1 Å². The van der Waals surface area contributed by atoms with Crippen LogP contribution in [0.25, 0.3) is 0 Å². The Bertz CT molecular complexity index is 1290. The zero-order valence-corrected chi connectivity index (χ0v) is 19.9. The van der Waals surface area contributed by atoms with Crippen LogP contribution < -0.4 is 10.0 Å². The number of sulfonamides is 1. The number of aryl methyl sites for hydroxylation is 2. The van der Waals surface area contributed by atoms with Gasteiger partial charge in [-0.3, -0.25) is 9.52 Å². The summed E-state index contributed by atoms with van der Waals surface area (Å²) in [6, 6.07) is 12.7. The van der Waals surface area contributed by atoms with Crippen LogP contribution in [0.5, 0.6) is 0 Å². The molecule has 9 heteroatoms. The van der Waals surface area contributed by atoms with E-state index in [1.807, 2.05) is 6.92 Å². The zero-order chi connectivity index (χ0) is 23.6. The van der Waals surface area contributed by atoms with Gasteiger partial charge in [-0.25, -0.2) is 13.2 Å². The van der Waals surface area contributed by atoms with Gasteiger partial charge in [0.15, 0.2) is 0 Å². The van der Waals surface area contributed by atoms with Crippen molar-refractivity contribution in [1.29, 1.82) is 0 Å². The van der Waals surface area contributed by atoms with Gasteiger partial charge in [0.2, 0.25) is 0 Å². The Kier molecular flexibility index (Phi) is 6.53. The highest BCUT2D eigenvalue weighted by Crippen LogP contribution is 2.39. The molecule has 1 aromatic heterocycles. The van der Waals surface area contributed by atoms with Crippen LogP contribution in [0.15, 0.2) is 53.4 Å². The van der Waals surface area contributed by atoms with Gasteiger partial charge < -0.3 is 10.1 Å². The molecule has 0 bridgehead atoms. The predicted octanol–water partition coefficient (Wildman–Crippen LogP) is 4.78. The van der Waals surface area contributed by atoms with E-state index in [9.17, 15) is 18.0 Å². The molecule has 33 heavy (non-hydrogen) atoms. The Morgan fingerprint density at radius 2 is 1.73 bits per heavy atom. The standard InChI is InChI=1S/C24H24N2O5S2/c1-3-31-24(28)21-19-5-4-6-20(19)32-23(21)25-22(27)16-9-11-17(12-10-16)26-33(29,30)18-13-7-15(2)8-14-18/h7-14,26H,3-6H2,1-2H3,(H,25,27). The van der Waals surface area contributed by atoms with E-state index in [0.29, 0.717) is 21.8 Å². The van der Waals surface area contributed by atoms with E-state index in [1.165, 1.54) is 35.6 Å². The van der Waals surface area contributed by atoms with Gasteiger partial charge in [-0.2, -0.15) is 0 Å². The summed E-state index contributed by atoms with van der Waals surface area (Å²) in [4.78, 5) is 26.6. The van der Waals surface area contributed by atoms with Crippen LogP contribution in [0, 0.1) is 6.92 Å². The molecule has 172 valence electrons. The summed E-state index contributed by atoms with van der Waals surface area (Å²) >= 11 is 1.41. The predicted molar refractivity (Wildman–Crippen MR) is 129 cm³/mol. The van der Waals surface area contributed by atoms with Crippen LogP contribution in [-0.4, -0.2) is 26.9 Å². The lowest BCUT2D eigenvalue weighted by Crippen LogP contribution is -2.16. The van der Waals surface area contributed by atoms with Gasteiger partial charge in [0, 0.05) is 16.1 Å². The second-order valence-electron chi connectivity index (χ2n) is 7.73. The fourth-order valence-electron chi connectivity index (χ4n) is 3.71. The number of carbonyl (C=O) groups is 2. The number of fused-ring (bicyclic) bond motifs is 1. The van der Waals surface area contributed by atoms with E-state index in [-0.39, 0.29) is 17.4 Å². The number of hydrogen-bond donors (Lipinski definition) is 2. The van der Waals surface area contributed by atoms with E-state index in [0.717, 1.165) is 35.3 Å². The molecular formula is C24H24N2O5S2. The summed E-state index contributed by atoms with van der Waals surface area (Å²) in [7, 11) is -3.73. The minimum Gasteiger partial charge on any atom is -0.462 e. The molecule has 0 saturated carbocycles. The summed E-state index contributed by atoms with van der Waals surface area (Å²) in [5.41, 5.74) is 3.07. The molecule has 1 heterocycles. The zero-order valence-electron chi connectivity index (χ0n) is 18.3. The van der Waals surface area contributed by atoms with Crippen LogP contribution in [0.2, 0.25) is 0 Å². The van der Waals surface area contributed by atoms with Gasteiger partial charge in [0.1, 0.15) is 5.00 Å². The largest absolute Gasteiger partial charge is 0.462 e. The van der Waals surface area contributed by atoms with E-state index >= 15 is 0 Å². The number of nitrogens with one attached hydrogen (secondary N) is 2. The third-order valence-corrected chi connectivity index (χ3v) is 7.96. The molecule has 1 aliphatic rings. The van der Waals surface area contributed by atoms with Crippen molar-refractivity contribution in [1.82, 2.24) is 0 Å². The van der Waals surface area contributed by atoms with Gasteiger partial charge in [0.05, 0.1) is 17.1 Å². The van der Waals surface area contributed by atoms with Gasteiger partial charge in [-0.1, -0.05) is 17.7 Å². The number of rotatable bonds is 7. The molecule has 7 nitrogen and oxygen atoms in total. The maximum absolute atomic E-state index is 12.8. The van der Waals surface area contributed by atoms with Gasteiger partial charge >= 0.3 is 5.97 Å². The number of carbonyl (C=O) groups excluding carboxylic acids is 2. The van der Waals surface area contributed by atoms with Crippen molar-refractivity contribution in [3.63, 3.8) is 0 Å². The molecule has 2 N–H and O–H groups in total. The Labute approximate surface area is 196 Å². The molecule has 0 atom stereocenters. The molecular weight excluding hydrogens is 460 g/mol. The van der Waals surface area contributed by atoms with Crippen LogP contribution >= 0.6 is 11.3 Å². The molecule has 0 unspecified atom stereocenters. The van der Waals surface area contributed by atoms with Gasteiger partial charge in [-0.15, -0.1) is 11.3 Å². The molecule has 0 saturated heterocycles. The summed E-state index contributed by atoms with van der Waals surface area (Å²) in [6.07, 6.45) is 2.67. The van der Waals surface area contributed by atoms with Gasteiger partial charge in [0.25, 0.3) is 15.9 Å². The van der Waals surface area contributed by atoms with Crippen LogP contribution in [0.3, 0.4) is 0 Å². The molecule has 0 spiro atoms. The molecule has 2 aromatic carbocycles. The first-order valence-electron chi connectivity index (χ1n) is 10.6. The quantitative estimate of drug-likeness (QED) is 0.470. The topological polar surface area (TPSA) is 102 Å². The number of hydrogen-bond acceptors (Lipinski definition) is 6. The second kappa shape index (κ2) is 9.36. The molecule has 0 aliphatic heterocycles. The monoisotopic (exact) mass is 484 g/mol. The third-order valence-electron chi connectivity index (χ3n) is 5.36. The Morgan fingerprint density at radius 3 is 2.39 bits per heavy atom. The van der Waals surface area contributed by atoms with Crippen LogP contribution in [-0.2, 0) is 27.6 Å². The first kappa shape index (κ1) is 23.0. The highest BCUT2D eigenvalue weighted by atomic mass is 32.2. The molecule has 0 fully saturated rings. The van der Waals surface area contributed by atoms with Crippen molar-refractivity contribution in [2.24, 2.45) is 0 Å². The van der Waals surface area contributed by atoms with Crippen molar-refractivity contribution in [3.05, 3.63) is 75.7 Å². The lowest BCUT2D eigenvalue weighted by Gasteiger charge is -2.10. The first-order chi connectivity index (χ1) is 15.8. The number of esters is 1. The normalized spacial score (nSPS) is 12.8. The number of anilines is 2.